The Kier molecular flexibility index (Phi) is 7.10. The van der Waals surface area contributed by atoms with Crippen molar-refractivity contribution < 1.29 is 0 Å². The monoisotopic (exact) mass is 331 g/mol. The number of anilines is 1. The predicted molar refractivity (Wildman–Crippen MR) is 85.7 cm³/mol. The highest BCUT2D eigenvalue weighted by molar-refractivity contribution is 9.10. The molecule has 0 aliphatic rings. The van der Waals surface area contributed by atoms with Crippen LogP contribution in [-0.2, 0) is 5.88 Å². The number of unbranched alkanes of at least 4 members (excludes halogenated alkanes) is 2. The summed E-state index contributed by atoms with van der Waals surface area (Å²) >= 11 is 9.61. The first-order valence-electron chi connectivity index (χ1n) is 6.71. The van der Waals surface area contributed by atoms with E-state index in [0.29, 0.717) is 11.9 Å². The van der Waals surface area contributed by atoms with Crippen LogP contribution in [0.15, 0.2) is 22.7 Å². The molecule has 18 heavy (non-hydrogen) atoms. The second-order valence-corrected chi connectivity index (χ2v) is 6.08. The van der Waals surface area contributed by atoms with Gasteiger partial charge in [0.1, 0.15) is 0 Å². The fraction of sp³-hybridized carbons (Fsp3) is 0.600. The standard InChI is InChI=1S/C15H23BrClN/c1-4-5-6-9-18(12(2)3)15-10-14(16)8-7-13(15)11-17/h7-8,10,12H,4-6,9,11H2,1-3H3. The molecule has 1 nitrogen and oxygen atoms in total. The molecule has 0 atom stereocenters. The van der Waals surface area contributed by atoms with Crippen LogP contribution in [0.3, 0.4) is 0 Å². The lowest BCUT2D eigenvalue weighted by atomic mass is 10.1. The van der Waals surface area contributed by atoms with E-state index in [1.54, 1.807) is 0 Å². The summed E-state index contributed by atoms with van der Waals surface area (Å²) in [6, 6.07) is 6.86. The highest BCUT2D eigenvalue weighted by atomic mass is 79.9. The van der Waals surface area contributed by atoms with E-state index in [0.717, 1.165) is 11.0 Å². The van der Waals surface area contributed by atoms with Crippen LogP contribution in [0.5, 0.6) is 0 Å². The SMILES string of the molecule is CCCCCN(c1cc(Br)ccc1CCl)C(C)C. The first-order chi connectivity index (χ1) is 8.60. The molecule has 0 fully saturated rings. The Morgan fingerprint density at radius 2 is 2.00 bits per heavy atom. The molecule has 0 N–H and O–H groups in total. The van der Waals surface area contributed by atoms with E-state index in [2.05, 4.69) is 59.8 Å². The van der Waals surface area contributed by atoms with E-state index in [4.69, 9.17) is 11.6 Å². The van der Waals surface area contributed by atoms with Crippen molar-refractivity contribution in [1.29, 1.82) is 0 Å². The van der Waals surface area contributed by atoms with Crippen molar-refractivity contribution in [2.75, 3.05) is 11.4 Å². The molecular weight excluding hydrogens is 310 g/mol. The van der Waals surface area contributed by atoms with Crippen molar-refractivity contribution in [3.05, 3.63) is 28.2 Å². The molecule has 0 aliphatic carbocycles. The molecule has 0 saturated heterocycles. The second kappa shape index (κ2) is 8.06. The Balaban J connectivity index is 2.93. The first-order valence-corrected chi connectivity index (χ1v) is 8.04. The van der Waals surface area contributed by atoms with Gasteiger partial charge in [-0.1, -0.05) is 41.8 Å². The molecule has 0 radical (unpaired) electrons. The summed E-state index contributed by atoms with van der Waals surface area (Å²) in [6.07, 6.45) is 3.78. The minimum atomic E-state index is 0.498. The third-order valence-electron chi connectivity index (χ3n) is 3.13. The smallest absolute Gasteiger partial charge is 0.0494 e. The maximum absolute atomic E-state index is 6.05. The summed E-state index contributed by atoms with van der Waals surface area (Å²) in [7, 11) is 0. The van der Waals surface area contributed by atoms with Gasteiger partial charge in [0.05, 0.1) is 0 Å². The lowest BCUT2D eigenvalue weighted by Gasteiger charge is -2.31. The zero-order valence-electron chi connectivity index (χ0n) is 11.5. The number of hydrogen-bond acceptors (Lipinski definition) is 1. The average molecular weight is 333 g/mol. The fourth-order valence-electron chi connectivity index (χ4n) is 2.11. The summed E-state index contributed by atoms with van der Waals surface area (Å²) in [5.41, 5.74) is 2.48. The maximum atomic E-state index is 6.05. The van der Waals surface area contributed by atoms with E-state index in [9.17, 15) is 0 Å². The molecule has 0 spiro atoms. The Bertz CT molecular complexity index is 366. The molecule has 0 aromatic heterocycles. The third kappa shape index (κ3) is 4.47. The average Bonchev–Trinajstić information content (AvgIpc) is 2.34. The fourth-order valence-corrected chi connectivity index (χ4v) is 2.68. The number of halogens is 2. The number of nitrogens with zero attached hydrogens (tertiary/aromatic N) is 1. The topological polar surface area (TPSA) is 3.24 Å². The van der Waals surface area contributed by atoms with E-state index in [-0.39, 0.29) is 0 Å². The summed E-state index contributed by atoms with van der Waals surface area (Å²) in [5.74, 6) is 0.569. The Morgan fingerprint density at radius 1 is 1.28 bits per heavy atom. The van der Waals surface area contributed by atoms with Gasteiger partial charge in [-0.05, 0) is 38.0 Å². The molecule has 0 saturated carbocycles. The molecule has 1 rings (SSSR count). The van der Waals surface area contributed by atoms with Crippen LogP contribution in [0.2, 0.25) is 0 Å². The van der Waals surface area contributed by atoms with Crippen LogP contribution in [0.25, 0.3) is 0 Å². The molecule has 102 valence electrons. The van der Waals surface area contributed by atoms with E-state index >= 15 is 0 Å². The van der Waals surface area contributed by atoms with Crippen molar-refractivity contribution in [3.63, 3.8) is 0 Å². The van der Waals surface area contributed by atoms with E-state index in [1.807, 2.05) is 0 Å². The second-order valence-electron chi connectivity index (χ2n) is 4.90. The Labute approximate surface area is 125 Å². The van der Waals surface area contributed by atoms with E-state index in [1.165, 1.54) is 30.5 Å². The number of benzene rings is 1. The molecule has 0 heterocycles. The molecule has 1 aromatic rings. The van der Waals surface area contributed by atoms with Crippen molar-refractivity contribution in [2.45, 2.75) is 52.0 Å². The van der Waals surface area contributed by atoms with Crippen LogP contribution in [-0.4, -0.2) is 12.6 Å². The highest BCUT2D eigenvalue weighted by Gasteiger charge is 2.14. The molecule has 3 heteroatoms. The Morgan fingerprint density at radius 3 is 2.56 bits per heavy atom. The van der Waals surface area contributed by atoms with Crippen molar-refractivity contribution in [3.8, 4) is 0 Å². The summed E-state index contributed by atoms with van der Waals surface area (Å²) in [4.78, 5) is 2.46. The van der Waals surface area contributed by atoms with Gasteiger partial charge in [0.25, 0.3) is 0 Å². The van der Waals surface area contributed by atoms with Crippen molar-refractivity contribution in [2.24, 2.45) is 0 Å². The van der Waals surface area contributed by atoms with Gasteiger partial charge in [0.15, 0.2) is 0 Å². The summed E-state index contributed by atoms with van der Waals surface area (Å²) < 4.78 is 1.12. The minimum Gasteiger partial charge on any atom is -0.369 e. The lowest BCUT2D eigenvalue weighted by molar-refractivity contribution is 0.624. The lowest BCUT2D eigenvalue weighted by Crippen LogP contribution is -2.32. The molecule has 1 aromatic carbocycles. The van der Waals surface area contributed by atoms with Crippen LogP contribution < -0.4 is 4.90 Å². The normalized spacial score (nSPS) is 11.0. The molecule has 0 bridgehead atoms. The number of alkyl halides is 1. The zero-order chi connectivity index (χ0) is 13.5. The van der Waals surface area contributed by atoms with Crippen LogP contribution in [0.4, 0.5) is 5.69 Å². The van der Waals surface area contributed by atoms with Gasteiger partial charge in [-0.15, -0.1) is 11.6 Å². The zero-order valence-corrected chi connectivity index (χ0v) is 13.9. The van der Waals surface area contributed by atoms with Crippen molar-refractivity contribution in [1.82, 2.24) is 0 Å². The van der Waals surface area contributed by atoms with Crippen LogP contribution in [0.1, 0.15) is 45.6 Å². The van der Waals surface area contributed by atoms with Gasteiger partial charge in [0.2, 0.25) is 0 Å². The maximum Gasteiger partial charge on any atom is 0.0494 e. The van der Waals surface area contributed by atoms with Gasteiger partial charge in [0, 0.05) is 28.6 Å². The van der Waals surface area contributed by atoms with Crippen LogP contribution >= 0.6 is 27.5 Å². The molecule has 0 unspecified atom stereocenters. The largest absolute Gasteiger partial charge is 0.369 e. The van der Waals surface area contributed by atoms with E-state index < -0.39 is 0 Å². The molecular formula is C15H23BrClN. The quantitative estimate of drug-likeness (QED) is 0.464. The molecule has 0 amide bonds. The van der Waals surface area contributed by atoms with Crippen LogP contribution in [0, 0.1) is 0 Å². The first kappa shape index (κ1) is 15.8. The number of hydrogen-bond donors (Lipinski definition) is 0. The third-order valence-corrected chi connectivity index (χ3v) is 3.91. The highest BCUT2D eigenvalue weighted by Crippen LogP contribution is 2.28. The molecule has 0 aliphatic heterocycles. The number of rotatable bonds is 7. The minimum absolute atomic E-state index is 0.498. The Hall–Kier alpha value is -0.210. The van der Waals surface area contributed by atoms with Gasteiger partial charge in [-0.25, -0.2) is 0 Å². The van der Waals surface area contributed by atoms with Crippen molar-refractivity contribution >= 4 is 33.2 Å². The summed E-state index contributed by atoms with van der Waals surface area (Å²) in [5, 5.41) is 0. The van der Waals surface area contributed by atoms with Gasteiger partial charge < -0.3 is 4.90 Å². The van der Waals surface area contributed by atoms with Gasteiger partial charge in [-0.3, -0.25) is 0 Å². The summed E-state index contributed by atoms with van der Waals surface area (Å²) in [6.45, 7) is 7.82. The van der Waals surface area contributed by atoms with Gasteiger partial charge in [-0.2, -0.15) is 0 Å². The predicted octanol–water partition coefficient (Wildman–Crippen LogP) is 5.59. The van der Waals surface area contributed by atoms with Gasteiger partial charge >= 0.3 is 0 Å².